The average molecular weight is 352 g/mol. The maximum Gasteiger partial charge on any atom is 0.288 e. The predicted molar refractivity (Wildman–Crippen MR) is 87.3 cm³/mol. The highest BCUT2D eigenvalue weighted by Crippen LogP contribution is 2.30. The van der Waals surface area contributed by atoms with Gasteiger partial charge in [-0.1, -0.05) is 35.9 Å². The van der Waals surface area contributed by atoms with E-state index in [-0.39, 0.29) is 10.6 Å². The van der Waals surface area contributed by atoms with E-state index in [9.17, 15) is 8.42 Å². The monoisotopic (exact) mass is 351 g/mol. The van der Waals surface area contributed by atoms with Crippen molar-refractivity contribution in [2.24, 2.45) is 0 Å². The fourth-order valence-corrected chi connectivity index (χ4v) is 3.76. The number of fused-ring (bicyclic) bond motifs is 1. The summed E-state index contributed by atoms with van der Waals surface area (Å²) in [6.45, 7) is 2.34. The average Bonchev–Trinajstić information content (AvgIpc) is 2.98. The Labute approximate surface area is 138 Å². The number of halogens is 1. The molecule has 0 bridgehead atoms. The Bertz CT molecular complexity index is 954. The van der Waals surface area contributed by atoms with E-state index in [4.69, 9.17) is 16.3 Å². The molecule has 0 saturated carbocycles. The molecule has 0 N–H and O–H groups in total. The Morgan fingerprint density at radius 2 is 2.00 bits per heavy atom. The molecular formula is C15H14ClN3O3S. The second-order valence-corrected chi connectivity index (χ2v) is 7.04. The number of ether oxygens (including phenoxy) is 1. The Morgan fingerprint density at radius 1 is 1.22 bits per heavy atom. The van der Waals surface area contributed by atoms with Crippen molar-refractivity contribution >= 4 is 32.7 Å². The van der Waals surface area contributed by atoms with Gasteiger partial charge in [0.05, 0.1) is 6.61 Å². The maximum absolute atomic E-state index is 13.0. The fourth-order valence-electron chi connectivity index (χ4n) is 2.13. The molecule has 8 heteroatoms. The van der Waals surface area contributed by atoms with Crippen LogP contribution in [0.3, 0.4) is 0 Å². The van der Waals surface area contributed by atoms with Gasteiger partial charge in [-0.3, -0.25) is 0 Å². The lowest BCUT2D eigenvalue weighted by Gasteiger charge is -2.12. The molecular weight excluding hydrogens is 338 g/mol. The molecule has 0 radical (unpaired) electrons. The van der Waals surface area contributed by atoms with Crippen LogP contribution in [-0.4, -0.2) is 29.4 Å². The first-order valence-electron chi connectivity index (χ1n) is 7.02. The van der Waals surface area contributed by atoms with Gasteiger partial charge in [-0.2, -0.15) is 8.42 Å². The SMILES string of the molecule is CCCOc1ccc(Cl)cc1S(=O)(=O)n1nnc2ccccc21. The Morgan fingerprint density at radius 3 is 2.78 bits per heavy atom. The lowest BCUT2D eigenvalue weighted by molar-refractivity contribution is 0.309. The highest BCUT2D eigenvalue weighted by molar-refractivity contribution is 7.90. The normalized spacial score (nSPS) is 11.7. The van der Waals surface area contributed by atoms with Gasteiger partial charge in [0.1, 0.15) is 21.7 Å². The van der Waals surface area contributed by atoms with E-state index in [0.29, 0.717) is 22.7 Å². The largest absolute Gasteiger partial charge is 0.492 e. The van der Waals surface area contributed by atoms with Gasteiger partial charge < -0.3 is 4.74 Å². The van der Waals surface area contributed by atoms with Crippen LogP contribution in [0.1, 0.15) is 13.3 Å². The number of rotatable bonds is 5. The zero-order valence-electron chi connectivity index (χ0n) is 12.3. The third-order valence-corrected chi connectivity index (χ3v) is 5.03. The lowest BCUT2D eigenvalue weighted by Crippen LogP contribution is -2.16. The summed E-state index contributed by atoms with van der Waals surface area (Å²) in [5.41, 5.74) is 0.892. The van der Waals surface area contributed by atoms with Crippen molar-refractivity contribution in [3.05, 3.63) is 47.5 Å². The summed E-state index contributed by atoms with van der Waals surface area (Å²) < 4.78 is 32.4. The van der Waals surface area contributed by atoms with E-state index < -0.39 is 10.0 Å². The molecule has 1 aromatic heterocycles. The molecule has 0 saturated heterocycles. The molecule has 2 aromatic carbocycles. The second kappa shape index (κ2) is 6.17. The summed E-state index contributed by atoms with van der Waals surface area (Å²) in [6, 6.07) is 11.3. The summed E-state index contributed by atoms with van der Waals surface area (Å²) in [6.07, 6.45) is 0.758. The first-order chi connectivity index (χ1) is 11.0. The van der Waals surface area contributed by atoms with Crippen molar-refractivity contribution in [1.82, 2.24) is 14.4 Å². The summed E-state index contributed by atoms with van der Waals surface area (Å²) in [4.78, 5) is -0.0332. The molecule has 0 spiro atoms. The molecule has 23 heavy (non-hydrogen) atoms. The Hall–Kier alpha value is -2.12. The summed E-state index contributed by atoms with van der Waals surface area (Å²) in [7, 11) is -3.97. The van der Waals surface area contributed by atoms with Gasteiger partial charge in [-0.15, -0.1) is 9.19 Å². The molecule has 6 nitrogen and oxygen atoms in total. The van der Waals surface area contributed by atoms with Crippen LogP contribution in [-0.2, 0) is 10.0 Å². The quantitative estimate of drug-likeness (QED) is 0.706. The zero-order valence-corrected chi connectivity index (χ0v) is 13.9. The minimum atomic E-state index is -3.97. The van der Waals surface area contributed by atoms with Crippen LogP contribution >= 0.6 is 11.6 Å². The third kappa shape index (κ3) is 2.89. The highest BCUT2D eigenvalue weighted by Gasteiger charge is 2.25. The third-order valence-electron chi connectivity index (χ3n) is 3.19. The van der Waals surface area contributed by atoms with Gasteiger partial charge in [0.25, 0.3) is 10.0 Å². The van der Waals surface area contributed by atoms with E-state index in [1.54, 1.807) is 36.4 Å². The van der Waals surface area contributed by atoms with Crippen LogP contribution in [0.2, 0.25) is 5.02 Å². The lowest BCUT2D eigenvalue weighted by atomic mass is 10.3. The van der Waals surface area contributed by atoms with Crippen LogP contribution in [0.4, 0.5) is 0 Å². The molecule has 3 rings (SSSR count). The van der Waals surface area contributed by atoms with Crippen LogP contribution < -0.4 is 4.74 Å². The van der Waals surface area contributed by atoms with Crippen molar-refractivity contribution < 1.29 is 13.2 Å². The number of para-hydroxylation sites is 1. The summed E-state index contributed by atoms with van der Waals surface area (Å²) in [5, 5.41) is 7.96. The number of hydrogen-bond donors (Lipinski definition) is 0. The van der Waals surface area contributed by atoms with E-state index in [0.717, 1.165) is 10.5 Å². The predicted octanol–water partition coefficient (Wildman–Crippen LogP) is 3.11. The highest BCUT2D eigenvalue weighted by atomic mass is 35.5. The summed E-state index contributed by atoms with van der Waals surface area (Å²) in [5.74, 6) is 0.246. The molecule has 0 aliphatic heterocycles. The molecule has 1 heterocycles. The molecule has 120 valence electrons. The molecule has 0 unspecified atom stereocenters. The Kier molecular flexibility index (Phi) is 4.23. The smallest absolute Gasteiger partial charge is 0.288 e. The van der Waals surface area contributed by atoms with E-state index >= 15 is 0 Å². The first kappa shape index (κ1) is 15.8. The molecule has 0 aliphatic carbocycles. The molecule has 3 aromatic rings. The van der Waals surface area contributed by atoms with E-state index in [2.05, 4.69) is 10.3 Å². The second-order valence-electron chi connectivity index (χ2n) is 4.87. The van der Waals surface area contributed by atoms with Gasteiger partial charge in [0, 0.05) is 5.02 Å². The van der Waals surface area contributed by atoms with E-state index in [1.807, 2.05) is 6.92 Å². The van der Waals surface area contributed by atoms with Gasteiger partial charge in [-0.05, 0) is 36.8 Å². The topological polar surface area (TPSA) is 74.1 Å². The number of nitrogens with zero attached hydrogens (tertiary/aromatic N) is 3. The number of benzene rings is 2. The van der Waals surface area contributed by atoms with Crippen molar-refractivity contribution in [1.29, 1.82) is 0 Å². The maximum atomic E-state index is 13.0. The molecule has 0 amide bonds. The van der Waals surface area contributed by atoms with Crippen molar-refractivity contribution in [3.8, 4) is 5.75 Å². The van der Waals surface area contributed by atoms with Crippen LogP contribution in [0, 0.1) is 0 Å². The van der Waals surface area contributed by atoms with Gasteiger partial charge in [0.2, 0.25) is 0 Å². The van der Waals surface area contributed by atoms with Crippen molar-refractivity contribution in [2.75, 3.05) is 6.61 Å². The van der Waals surface area contributed by atoms with Crippen molar-refractivity contribution in [2.45, 2.75) is 18.2 Å². The van der Waals surface area contributed by atoms with E-state index in [1.165, 1.54) is 6.07 Å². The van der Waals surface area contributed by atoms with Crippen LogP contribution in [0.5, 0.6) is 5.75 Å². The van der Waals surface area contributed by atoms with Crippen LogP contribution in [0.25, 0.3) is 11.0 Å². The minimum Gasteiger partial charge on any atom is -0.492 e. The summed E-state index contributed by atoms with van der Waals surface area (Å²) >= 11 is 5.97. The Balaban J connectivity index is 2.18. The van der Waals surface area contributed by atoms with Gasteiger partial charge >= 0.3 is 0 Å². The number of aromatic nitrogens is 3. The van der Waals surface area contributed by atoms with Gasteiger partial charge in [0.15, 0.2) is 0 Å². The van der Waals surface area contributed by atoms with Crippen molar-refractivity contribution in [3.63, 3.8) is 0 Å². The number of hydrogen-bond acceptors (Lipinski definition) is 5. The minimum absolute atomic E-state index is 0.0332. The standard InChI is InChI=1S/C15H14ClN3O3S/c1-2-9-22-14-8-7-11(16)10-15(14)23(20,21)19-13-6-4-3-5-12(13)17-18-19/h3-8,10H,2,9H2,1H3. The molecule has 0 fully saturated rings. The van der Waals surface area contributed by atoms with Crippen LogP contribution in [0.15, 0.2) is 47.4 Å². The molecule has 0 atom stereocenters. The fraction of sp³-hybridized carbons (Fsp3) is 0.200. The first-order valence-corrected chi connectivity index (χ1v) is 8.84. The van der Waals surface area contributed by atoms with Gasteiger partial charge in [-0.25, -0.2) is 0 Å². The zero-order chi connectivity index (χ0) is 16.4. The molecule has 0 aliphatic rings.